The Morgan fingerprint density at radius 3 is 1.90 bits per heavy atom. The van der Waals surface area contributed by atoms with Gasteiger partial charge in [0.25, 0.3) is 0 Å². The number of aromatic amines is 3. The number of H-pyrrole nitrogens is 3. The maximum Gasteiger partial charge on any atom is 0.115 e. The highest BCUT2D eigenvalue weighted by molar-refractivity contribution is 9.11. The molecule has 0 radical (unpaired) electrons. The first-order chi connectivity index (χ1) is 18.6. The molecule has 39 heavy (non-hydrogen) atoms. The number of aromatic nitrogens is 6. The van der Waals surface area contributed by atoms with Crippen LogP contribution in [0.1, 0.15) is 31.5 Å². The topological polar surface area (TPSA) is 206 Å². The van der Waals surface area contributed by atoms with Crippen LogP contribution in [0.4, 0.5) is 0 Å². The Morgan fingerprint density at radius 1 is 0.615 bits per heavy atom. The summed E-state index contributed by atoms with van der Waals surface area (Å²) in [5.74, 6) is -3.79. The minimum atomic E-state index is -1.27. The van der Waals surface area contributed by atoms with E-state index in [0.29, 0.717) is 32.7 Å². The summed E-state index contributed by atoms with van der Waals surface area (Å²) in [6.45, 7) is 0. The van der Waals surface area contributed by atoms with Gasteiger partial charge in [0.05, 0.1) is 34.6 Å². The van der Waals surface area contributed by atoms with Gasteiger partial charge in [-0.1, -0.05) is 44.0 Å². The van der Waals surface area contributed by atoms with Gasteiger partial charge in [0.1, 0.15) is 16.9 Å². The van der Waals surface area contributed by atoms with E-state index in [1.807, 2.05) is 0 Å². The SMILES string of the molecule is O=C([O-])c1[nH]nc2c(Br)cccc12.O=C([O-])c1n[nH]c2cc(Br)ccc12.O=C([O-])c1n[nH]c2ccc(Br)cc12. The fraction of sp³-hybridized carbons (Fsp3) is 0. The van der Waals surface area contributed by atoms with Gasteiger partial charge in [-0.25, -0.2) is 0 Å². The highest BCUT2D eigenvalue weighted by Gasteiger charge is 2.08. The quantitative estimate of drug-likeness (QED) is 0.244. The number of carboxylic acids is 3. The molecular formula is C24H12Br3N6O6-3. The van der Waals surface area contributed by atoms with E-state index in [9.17, 15) is 29.7 Å². The molecule has 12 nitrogen and oxygen atoms in total. The molecule has 3 N–H and O–H groups in total. The van der Waals surface area contributed by atoms with Crippen molar-refractivity contribution in [2.45, 2.75) is 0 Å². The first-order valence-electron chi connectivity index (χ1n) is 10.6. The molecule has 0 aliphatic carbocycles. The summed E-state index contributed by atoms with van der Waals surface area (Å²) in [5, 5.41) is 52.1. The number of halogens is 3. The molecule has 0 fully saturated rings. The largest absolute Gasteiger partial charge is 0.543 e. The molecule has 0 aliphatic heterocycles. The molecule has 0 atom stereocenters. The van der Waals surface area contributed by atoms with E-state index >= 15 is 0 Å². The second kappa shape index (κ2) is 11.8. The average Bonchev–Trinajstić information content (AvgIpc) is 3.61. The minimum Gasteiger partial charge on any atom is -0.543 e. The van der Waals surface area contributed by atoms with Crippen LogP contribution < -0.4 is 15.3 Å². The van der Waals surface area contributed by atoms with Crippen molar-refractivity contribution in [3.05, 3.63) is 85.1 Å². The molecule has 3 aromatic carbocycles. The van der Waals surface area contributed by atoms with E-state index in [0.717, 1.165) is 13.4 Å². The van der Waals surface area contributed by atoms with Crippen molar-refractivity contribution in [3.63, 3.8) is 0 Å². The lowest BCUT2D eigenvalue weighted by Crippen LogP contribution is -2.22. The molecule has 0 bridgehead atoms. The first-order valence-corrected chi connectivity index (χ1v) is 13.0. The maximum absolute atomic E-state index is 10.6. The molecular weight excluding hydrogens is 708 g/mol. The van der Waals surface area contributed by atoms with Gasteiger partial charge >= 0.3 is 0 Å². The molecule has 6 aromatic rings. The molecule has 198 valence electrons. The fourth-order valence-corrected chi connectivity index (χ4v) is 4.62. The number of hydrogen-bond acceptors (Lipinski definition) is 9. The third-order valence-electron chi connectivity index (χ3n) is 5.18. The zero-order chi connectivity index (χ0) is 28.3. The predicted molar refractivity (Wildman–Crippen MR) is 144 cm³/mol. The maximum atomic E-state index is 10.6. The Morgan fingerprint density at radius 2 is 1.23 bits per heavy atom. The Bertz CT molecular complexity index is 1850. The number of aromatic carboxylic acids is 3. The molecule has 6 rings (SSSR count). The molecule has 0 saturated carbocycles. The second-order valence-corrected chi connectivity index (χ2v) is 10.3. The minimum absolute atomic E-state index is 0.0105. The van der Waals surface area contributed by atoms with Gasteiger partial charge in [0.15, 0.2) is 0 Å². The monoisotopic (exact) mass is 717 g/mol. The summed E-state index contributed by atoms with van der Waals surface area (Å²) >= 11 is 9.78. The van der Waals surface area contributed by atoms with E-state index in [2.05, 4.69) is 78.4 Å². The number of fused-ring (bicyclic) bond motifs is 3. The summed E-state index contributed by atoms with van der Waals surface area (Å²) < 4.78 is 2.44. The predicted octanol–water partition coefficient (Wildman–Crippen LogP) is 2.07. The van der Waals surface area contributed by atoms with Crippen LogP contribution in [0.25, 0.3) is 32.7 Å². The summed E-state index contributed by atoms with van der Waals surface area (Å²) in [5.41, 5.74) is 1.85. The Kier molecular flexibility index (Phi) is 8.42. The standard InChI is InChI=1S/3C8H5BrN2O2/c9-4-1-2-6-5(3-4)7(8(12)13)11-10-6;9-4-1-2-5-6(3-4)10-11-7(5)8(12)13;9-5-3-1-2-4-6(5)10-11-7(4)8(12)13/h3*1-3H,(H,10,11)(H,12,13)/p-3. The Labute approximate surface area is 242 Å². The van der Waals surface area contributed by atoms with Crippen LogP contribution in [-0.4, -0.2) is 48.5 Å². The van der Waals surface area contributed by atoms with Crippen molar-refractivity contribution >= 4 is 98.4 Å². The third-order valence-corrected chi connectivity index (χ3v) is 6.80. The molecule has 0 aliphatic rings. The van der Waals surface area contributed by atoms with Crippen LogP contribution in [-0.2, 0) is 0 Å². The number of nitrogens with zero attached hydrogens (tertiary/aromatic N) is 3. The van der Waals surface area contributed by atoms with Crippen LogP contribution >= 0.6 is 47.8 Å². The van der Waals surface area contributed by atoms with E-state index in [1.54, 1.807) is 54.6 Å². The zero-order valence-electron chi connectivity index (χ0n) is 19.1. The van der Waals surface area contributed by atoms with Crippen LogP contribution in [0.5, 0.6) is 0 Å². The normalized spacial score (nSPS) is 10.5. The van der Waals surface area contributed by atoms with Crippen molar-refractivity contribution in [1.29, 1.82) is 0 Å². The van der Waals surface area contributed by atoms with E-state index in [-0.39, 0.29) is 17.1 Å². The number of carboxylic acid groups (broad SMARTS) is 3. The van der Waals surface area contributed by atoms with Crippen LogP contribution in [0.2, 0.25) is 0 Å². The average molecular weight is 720 g/mol. The van der Waals surface area contributed by atoms with Gasteiger partial charge in [-0.2, -0.15) is 15.3 Å². The summed E-state index contributed by atoms with van der Waals surface area (Å²) in [7, 11) is 0. The fourth-order valence-electron chi connectivity index (χ4n) is 3.45. The Balaban J connectivity index is 0.000000136. The highest BCUT2D eigenvalue weighted by Crippen LogP contribution is 2.24. The molecule has 0 spiro atoms. The van der Waals surface area contributed by atoms with Crippen LogP contribution in [0.3, 0.4) is 0 Å². The highest BCUT2D eigenvalue weighted by atomic mass is 79.9. The summed E-state index contributed by atoms with van der Waals surface area (Å²) in [6, 6.07) is 15.6. The van der Waals surface area contributed by atoms with Gasteiger partial charge < -0.3 is 29.7 Å². The van der Waals surface area contributed by atoms with Gasteiger partial charge in [-0.15, -0.1) is 0 Å². The number of carbonyl (C=O) groups excluding carboxylic acids is 3. The number of carbonyl (C=O) groups is 3. The van der Waals surface area contributed by atoms with E-state index < -0.39 is 17.9 Å². The van der Waals surface area contributed by atoms with E-state index in [1.165, 1.54) is 0 Å². The lowest BCUT2D eigenvalue weighted by Gasteiger charge is -1.97. The molecule has 15 heteroatoms. The third kappa shape index (κ3) is 6.16. The van der Waals surface area contributed by atoms with Crippen molar-refractivity contribution in [3.8, 4) is 0 Å². The summed E-state index contributed by atoms with van der Waals surface area (Å²) in [6.07, 6.45) is 0. The second-order valence-electron chi connectivity index (χ2n) is 7.62. The lowest BCUT2D eigenvalue weighted by atomic mass is 10.2. The number of rotatable bonds is 3. The van der Waals surface area contributed by atoms with Crippen molar-refractivity contribution < 1.29 is 29.7 Å². The molecule has 3 heterocycles. The Hall–Kier alpha value is -4.08. The van der Waals surface area contributed by atoms with Gasteiger partial charge in [0, 0.05) is 29.6 Å². The first kappa shape index (κ1) is 27.9. The number of hydrogen-bond donors (Lipinski definition) is 3. The van der Waals surface area contributed by atoms with Gasteiger partial charge in [0.2, 0.25) is 0 Å². The van der Waals surface area contributed by atoms with Gasteiger partial charge in [-0.3, -0.25) is 15.3 Å². The summed E-state index contributed by atoms with van der Waals surface area (Å²) in [4.78, 5) is 31.7. The molecule has 0 unspecified atom stereocenters. The van der Waals surface area contributed by atoms with Crippen LogP contribution in [0, 0.1) is 0 Å². The molecule has 0 saturated heterocycles. The molecule has 3 aromatic heterocycles. The lowest BCUT2D eigenvalue weighted by molar-refractivity contribution is -0.256. The number of para-hydroxylation sites is 1. The number of nitrogens with one attached hydrogen (secondary N) is 3. The smallest absolute Gasteiger partial charge is 0.115 e. The molecule has 0 amide bonds. The van der Waals surface area contributed by atoms with Crippen molar-refractivity contribution in [2.75, 3.05) is 0 Å². The van der Waals surface area contributed by atoms with Crippen molar-refractivity contribution in [2.24, 2.45) is 0 Å². The zero-order valence-corrected chi connectivity index (χ0v) is 23.9. The van der Waals surface area contributed by atoms with Crippen LogP contribution in [0.15, 0.2) is 68.0 Å². The van der Waals surface area contributed by atoms with Gasteiger partial charge in [-0.05, 0) is 58.4 Å². The number of benzene rings is 3. The van der Waals surface area contributed by atoms with E-state index in [4.69, 9.17) is 0 Å². The van der Waals surface area contributed by atoms with Crippen molar-refractivity contribution in [1.82, 2.24) is 30.6 Å².